The van der Waals surface area contributed by atoms with Crippen molar-refractivity contribution in [1.29, 1.82) is 0 Å². The number of carbonyl (C=O) groups excluding carboxylic acids is 2. The first-order valence-electron chi connectivity index (χ1n) is 8.65. The molecule has 7 heteroatoms. The number of carbonyl (C=O) groups is 2. The third kappa shape index (κ3) is 5.09. The highest BCUT2D eigenvalue weighted by Gasteiger charge is 2.37. The van der Waals surface area contributed by atoms with Crippen LogP contribution in [-0.2, 0) is 14.3 Å². The van der Waals surface area contributed by atoms with Gasteiger partial charge in [0.2, 0.25) is 11.8 Å². The summed E-state index contributed by atoms with van der Waals surface area (Å²) in [7, 11) is 0. The molecule has 1 atom stereocenters. The fourth-order valence-electron chi connectivity index (χ4n) is 3.04. The van der Waals surface area contributed by atoms with E-state index in [0.29, 0.717) is 25.4 Å². The molecule has 2 saturated heterocycles. The second kappa shape index (κ2) is 9.49. The summed E-state index contributed by atoms with van der Waals surface area (Å²) in [6.45, 7) is 4.80. The standard InChI is InChI=1S/C16H29N3O3S/c1-2-4-15(20)19-12-23-11-14(19)16(21)18-8-5-13(6-9-18)22-10-3-7-17/h13-14H,2-12,17H2,1H3. The highest BCUT2D eigenvalue weighted by molar-refractivity contribution is 7.99. The Hall–Kier alpha value is -0.790. The highest BCUT2D eigenvalue weighted by Crippen LogP contribution is 2.25. The van der Waals surface area contributed by atoms with Crippen LogP contribution in [0.15, 0.2) is 0 Å². The molecule has 0 radical (unpaired) electrons. The van der Waals surface area contributed by atoms with E-state index in [2.05, 4.69) is 0 Å². The van der Waals surface area contributed by atoms with Crippen LogP contribution in [-0.4, -0.2) is 71.6 Å². The zero-order chi connectivity index (χ0) is 16.7. The minimum atomic E-state index is -0.270. The fourth-order valence-corrected chi connectivity index (χ4v) is 4.21. The summed E-state index contributed by atoms with van der Waals surface area (Å²) >= 11 is 1.67. The molecule has 6 nitrogen and oxygen atoms in total. The predicted octanol–water partition coefficient (Wildman–Crippen LogP) is 1.04. The van der Waals surface area contributed by atoms with Crippen LogP contribution in [0.2, 0.25) is 0 Å². The van der Waals surface area contributed by atoms with E-state index in [1.54, 1.807) is 16.7 Å². The Bertz CT molecular complexity index is 400. The van der Waals surface area contributed by atoms with Crippen LogP contribution < -0.4 is 5.73 Å². The Morgan fingerprint density at radius 2 is 2.04 bits per heavy atom. The lowest BCUT2D eigenvalue weighted by atomic mass is 10.1. The summed E-state index contributed by atoms with van der Waals surface area (Å²) in [6.07, 6.45) is 4.22. The summed E-state index contributed by atoms with van der Waals surface area (Å²) in [5.41, 5.74) is 5.47. The van der Waals surface area contributed by atoms with Crippen LogP contribution >= 0.6 is 11.8 Å². The van der Waals surface area contributed by atoms with Gasteiger partial charge >= 0.3 is 0 Å². The lowest BCUT2D eigenvalue weighted by Crippen LogP contribution is -2.51. The van der Waals surface area contributed by atoms with Crippen molar-refractivity contribution in [2.24, 2.45) is 5.73 Å². The van der Waals surface area contributed by atoms with Crippen LogP contribution in [0.5, 0.6) is 0 Å². The molecule has 0 saturated carbocycles. The molecule has 0 aromatic heterocycles. The smallest absolute Gasteiger partial charge is 0.246 e. The van der Waals surface area contributed by atoms with E-state index >= 15 is 0 Å². The van der Waals surface area contributed by atoms with E-state index in [1.807, 2.05) is 11.8 Å². The second-order valence-corrected chi connectivity index (χ2v) is 7.17. The zero-order valence-corrected chi connectivity index (χ0v) is 14.9. The molecule has 1 unspecified atom stereocenters. The Kier molecular flexibility index (Phi) is 7.65. The molecule has 0 aromatic rings. The van der Waals surface area contributed by atoms with Crippen LogP contribution in [0.4, 0.5) is 0 Å². The average molecular weight is 343 g/mol. The quantitative estimate of drug-likeness (QED) is 0.699. The number of rotatable bonds is 7. The predicted molar refractivity (Wildman–Crippen MR) is 92.1 cm³/mol. The van der Waals surface area contributed by atoms with Crippen molar-refractivity contribution in [2.45, 2.75) is 51.2 Å². The highest BCUT2D eigenvalue weighted by atomic mass is 32.2. The molecule has 2 aliphatic rings. The molecule has 2 rings (SSSR count). The topological polar surface area (TPSA) is 75.9 Å². The Balaban J connectivity index is 1.81. The van der Waals surface area contributed by atoms with Gasteiger partial charge in [0.05, 0.1) is 12.0 Å². The van der Waals surface area contributed by atoms with Crippen LogP contribution in [0, 0.1) is 0 Å². The maximum Gasteiger partial charge on any atom is 0.246 e. The number of nitrogens with zero attached hydrogens (tertiary/aromatic N) is 2. The summed E-state index contributed by atoms with van der Waals surface area (Å²) < 4.78 is 5.78. The minimum absolute atomic E-state index is 0.107. The maximum atomic E-state index is 12.7. The van der Waals surface area contributed by atoms with E-state index in [4.69, 9.17) is 10.5 Å². The van der Waals surface area contributed by atoms with Crippen LogP contribution in [0.25, 0.3) is 0 Å². The van der Waals surface area contributed by atoms with Gasteiger partial charge in [0, 0.05) is 31.9 Å². The molecule has 2 amide bonds. The van der Waals surface area contributed by atoms with Crippen molar-refractivity contribution in [3.63, 3.8) is 0 Å². The van der Waals surface area contributed by atoms with Gasteiger partial charge in [-0.15, -0.1) is 11.8 Å². The SMILES string of the molecule is CCCC(=O)N1CSCC1C(=O)N1CCC(OCCCN)CC1. The van der Waals surface area contributed by atoms with Gasteiger partial charge in [-0.1, -0.05) is 6.92 Å². The van der Waals surface area contributed by atoms with Gasteiger partial charge in [-0.3, -0.25) is 9.59 Å². The second-order valence-electron chi connectivity index (χ2n) is 6.17. The van der Waals surface area contributed by atoms with Crippen LogP contribution in [0.1, 0.15) is 39.0 Å². The normalized spacial score (nSPS) is 22.6. The van der Waals surface area contributed by atoms with Crippen molar-refractivity contribution >= 4 is 23.6 Å². The molecular formula is C16H29N3O3S. The molecule has 0 aromatic carbocycles. The Labute approximate surface area is 143 Å². The Morgan fingerprint density at radius 3 is 2.70 bits per heavy atom. The summed E-state index contributed by atoms with van der Waals surface area (Å²) in [5.74, 6) is 1.59. The van der Waals surface area contributed by atoms with Gasteiger partial charge in [0.25, 0.3) is 0 Å². The monoisotopic (exact) mass is 343 g/mol. The maximum absolute atomic E-state index is 12.7. The average Bonchev–Trinajstić information content (AvgIpc) is 3.05. The molecule has 2 fully saturated rings. The van der Waals surface area contributed by atoms with Gasteiger partial charge in [-0.05, 0) is 32.2 Å². The number of amides is 2. The number of hydrogen-bond acceptors (Lipinski definition) is 5. The van der Waals surface area contributed by atoms with E-state index in [9.17, 15) is 9.59 Å². The summed E-state index contributed by atoms with van der Waals surface area (Å²) in [4.78, 5) is 28.6. The first-order chi connectivity index (χ1) is 11.2. The van der Waals surface area contributed by atoms with Crippen molar-refractivity contribution in [3.8, 4) is 0 Å². The van der Waals surface area contributed by atoms with Crippen molar-refractivity contribution in [3.05, 3.63) is 0 Å². The van der Waals surface area contributed by atoms with Gasteiger partial charge in [-0.2, -0.15) is 0 Å². The lowest BCUT2D eigenvalue weighted by Gasteiger charge is -2.35. The van der Waals surface area contributed by atoms with Gasteiger partial charge < -0.3 is 20.3 Å². The van der Waals surface area contributed by atoms with Crippen molar-refractivity contribution in [1.82, 2.24) is 9.80 Å². The number of likely N-dealkylation sites (tertiary alicyclic amines) is 1. The molecule has 0 spiro atoms. The largest absolute Gasteiger partial charge is 0.378 e. The molecule has 132 valence electrons. The summed E-state index contributed by atoms with van der Waals surface area (Å²) in [5, 5.41) is 0. The molecule has 2 heterocycles. The van der Waals surface area contributed by atoms with Crippen LogP contribution in [0.3, 0.4) is 0 Å². The minimum Gasteiger partial charge on any atom is -0.378 e. The van der Waals surface area contributed by atoms with E-state index in [1.165, 1.54) is 0 Å². The fraction of sp³-hybridized carbons (Fsp3) is 0.875. The molecule has 23 heavy (non-hydrogen) atoms. The van der Waals surface area contributed by atoms with Gasteiger partial charge in [0.15, 0.2) is 0 Å². The van der Waals surface area contributed by atoms with E-state index in [0.717, 1.165) is 44.5 Å². The number of ether oxygens (including phenoxy) is 1. The molecule has 0 bridgehead atoms. The first kappa shape index (κ1) is 18.5. The molecule has 0 aliphatic carbocycles. The van der Waals surface area contributed by atoms with Gasteiger partial charge in [0.1, 0.15) is 6.04 Å². The van der Waals surface area contributed by atoms with Crippen molar-refractivity contribution < 1.29 is 14.3 Å². The first-order valence-corrected chi connectivity index (χ1v) is 9.80. The zero-order valence-electron chi connectivity index (χ0n) is 14.0. The van der Waals surface area contributed by atoms with Gasteiger partial charge in [-0.25, -0.2) is 0 Å². The van der Waals surface area contributed by atoms with Crippen molar-refractivity contribution in [2.75, 3.05) is 37.9 Å². The third-order valence-corrected chi connectivity index (χ3v) is 5.42. The molecular weight excluding hydrogens is 314 g/mol. The van der Waals surface area contributed by atoms with E-state index < -0.39 is 0 Å². The number of thioether (sulfide) groups is 1. The third-order valence-electron chi connectivity index (χ3n) is 4.41. The Morgan fingerprint density at radius 1 is 1.30 bits per heavy atom. The number of nitrogens with two attached hydrogens (primary N) is 1. The number of hydrogen-bond donors (Lipinski definition) is 1. The lowest BCUT2D eigenvalue weighted by molar-refractivity contribution is -0.145. The molecule has 2 N–H and O–H groups in total. The summed E-state index contributed by atoms with van der Waals surface area (Å²) in [6, 6.07) is -0.270. The molecule has 2 aliphatic heterocycles. The van der Waals surface area contributed by atoms with E-state index in [-0.39, 0.29) is 24.0 Å². The number of piperidine rings is 1.